The molecule has 0 aliphatic carbocycles. The van der Waals surface area contributed by atoms with E-state index in [1.807, 2.05) is 6.92 Å². The number of hydrogen-bond donors (Lipinski definition) is 0. The topological polar surface area (TPSA) is 35.5 Å². The lowest BCUT2D eigenvalue weighted by Gasteiger charge is -2.01. The van der Waals surface area contributed by atoms with E-state index in [1.54, 1.807) is 0 Å². The monoisotopic (exact) mass is 198 g/mol. The summed E-state index contributed by atoms with van der Waals surface area (Å²) in [4.78, 5) is 10.9. The van der Waals surface area contributed by atoms with Gasteiger partial charge < -0.3 is 9.47 Å². The highest BCUT2D eigenvalue weighted by Gasteiger charge is 2.00. The highest BCUT2D eigenvalue weighted by atomic mass is 16.5. The third kappa shape index (κ3) is 9.08. The summed E-state index contributed by atoms with van der Waals surface area (Å²) in [5.41, 5.74) is 0. The number of esters is 1. The van der Waals surface area contributed by atoms with E-state index in [4.69, 9.17) is 15.9 Å². The van der Waals surface area contributed by atoms with Crippen molar-refractivity contribution in [2.75, 3.05) is 19.8 Å². The molecule has 0 spiro atoms. The van der Waals surface area contributed by atoms with Crippen LogP contribution in [-0.4, -0.2) is 25.8 Å². The van der Waals surface area contributed by atoms with Crippen LogP contribution in [0.2, 0.25) is 0 Å². The summed E-state index contributed by atoms with van der Waals surface area (Å²) in [7, 11) is 0. The first-order valence-corrected chi connectivity index (χ1v) is 4.98. The summed E-state index contributed by atoms with van der Waals surface area (Å²) in [6, 6.07) is 0. The van der Waals surface area contributed by atoms with Crippen molar-refractivity contribution in [1.82, 2.24) is 0 Å². The Morgan fingerprint density at radius 3 is 2.79 bits per heavy atom. The minimum absolute atomic E-state index is 0.114. The van der Waals surface area contributed by atoms with Gasteiger partial charge in [0.2, 0.25) is 0 Å². The number of carbonyl (C=O) groups is 1. The second kappa shape index (κ2) is 10.1. The lowest BCUT2D eigenvalue weighted by Crippen LogP contribution is -2.03. The lowest BCUT2D eigenvalue weighted by atomic mass is 10.2. The van der Waals surface area contributed by atoms with Gasteiger partial charge in [0.05, 0.1) is 6.61 Å². The molecule has 3 nitrogen and oxygen atoms in total. The standard InChI is InChI=1S/C11H18O3/c1-3-9-13-10-7-5-6-8-11(12)14-4-2/h1H,4-10H2,2H3. The Balaban J connectivity index is 3.06. The maximum atomic E-state index is 10.9. The SMILES string of the molecule is C#CCOCCCCCC(=O)OCC. The van der Waals surface area contributed by atoms with Crippen LogP contribution in [0.5, 0.6) is 0 Å². The zero-order valence-corrected chi connectivity index (χ0v) is 8.75. The summed E-state index contributed by atoms with van der Waals surface area (Å²) in [6.45, 7) is 3.32. The molecule has 0 aromatic rings. The van der Waals surface area contributed by atoms with Crippen molar-refractivity contribution in [3.8, 4) is 12.3 Å². The third-order valence-electron chi connectivity index (χ3n) is 1.66. The maximum Gasteiger partial charge on any atom is 0.305 e. The zero-order valence-electron chi connectivity index (χ0n) is 8.75. The molecule has 0 radical (unpaired) electrons. The van der Waals surface area contributed by atoms with Gasteiger partial charge in [-0.25, -0.2) is 0 Å². The fourth-order valence-electron chi connectivity index (χ4n) is 1.01. The zero-order chi connectivity index (χ0) is 10.6. The van der Waals surface area contributed by atoms with Gasteiger partial charge in [0, 0.05) is 13.0 Å². The normalized spacial score (nSPS) is 9.43. The van der Waals surface area contributed by atoms with E-state index in [2.05, 4.69) is 5.92 Å². The minimum atomic E-state index is -0.114. The van der Waals surface area contributed by atoms with Gasteiger partial charge in [0.25, 0.3) is 0 Å². The summed E-state index contributed by atoms with van der Waals surface area (Å²) in [5.74, 6) is 2.28. The molecular formula is C11H18O3. The molecule has 0 aliphatic rings. The van der Waals surface area contributed by atoms with Gasteiger partial charge in [0.15, 0.2) is 0 Å². The predicted octanol–water partition coefficient (Wildman–Crippen LogP) is 1.76. The molecule has 80 valence electrons. The number of ether oxygens (including phenoxy) is 2. The fourth-order valence-corrected chi connectivity index (χ4v) is 1.01. The largest absolute Gasteiger partial charge is 0.466 e. The van der Waals surface area contributed by atoms with E-state index >= 15 is 0 Å². The van der Waals surface area contributed by atoms with E-state index in [1.165, 1.54) is 0 Å². The third-order valence-corrected chi connectivity index (χ3v) is 1.66. The first-order valence-electron chi connectivity index (χ1n) is 4.98. The smallest absolute Gasteiger partial charge is 0.305 e. The quantitative estimate of drug-likeness (QED) is 0.339. The van der Waals surface area contributed by atoms with E-state index < -0.39 is 0 Å². The van der Waals surface area contributed by atoms with Crippen molar-refractivity contribution < 1.29 is 14.3 Å². The Morgan fingerprint density at radius 2 is 2.14 bits per heavy atom. The summed E-state index contributed by atoms with van der Waals surface area (Å²) >= 11 is 0. The molecule has 0 bridgehead atoms. The van der Waals surface area contributed by atoms with Crippen LogP contribution in [0.1, 0.15) is 32.6 Å². The van der Waals surface area contributed by atoms with Crippen LogP contribution in [0.25, 0.3) is 0 Å². The van der Waals surface area contributed by atoms with E-state index in [-0.39, 0.29) is 5.97 Å². The average molecular weight is 198 g/mol. The van der Waals surface area contributed by atoms with Crippen LogP contribution >= 0.6 is 0 Å². The Hall–Kier alpha value is -1.01. The van der Waals surface area contributed by atoms with Gasteiger partial charge in [-0.05, 0) is 19.8 Å². The Labute approximate surface area is 85.8 Å². The molecular weight excluding hydrogens is 180 g/mol. The second-order valence-electron chi connectivity index (χ2n) is 2.87. The predicted molar refractivity (Wildman–Crippen MR) is 54.8 cm³/mol. The van der Waals surface area contributed by atoms with Gasteiger partial charge in [0.1, 0.15) is 6.61 Å². The summed E-state index contributed by atoms with van der Waals surface area (Å²) in [5, 5.41) is 0. The van der Waals surface area contributed by atoms with Gasteiger partial charge in [-0.2, -0.15) is 0 Å². The van der Waals surface area contributed by atoms with Crippen LogP contribution in [0.15, 0.2) is 0 Å². The first kappa shape index (κ1) is 13.0. The van der Waals surface area contributed by atoms with Crippen LogP contribution in [-0.2, 0) is 14.3 Å². The molecule has 0 saturated carbocycles. The van der Waals surface area contributed by atoms with E-state index in [0.29, 0.717) is 26.2 Å². The van der Waals surface area contributed by atoms with Gasteiger partial charge >= 0.3 is 5.97 Å². The molecule has 0 N–H and O–H groups in total. The fraction of sp³-hybridized carbons (Fsp3) is 0.727. The van der Waals surface area contributed by atoms with E-state index in [9.17, 15) is 4.79 Å². The van der Waals surface area contributed by atoms with Crippen LogP contribution in [0.4, 0.5) is 0 Å². The van der Waals surface area contributed by atoms with Crippen LogP contribution in [0.3, 0.4) is 0 Å². The second-order valence-corrected chi connectivity index (χ2v) is 2.87. The maximum absolute atomic E-state index is 10.9. The summed E-state index contributed by atoms with van der Waals surface area (Å²) in [6.07, 6.45) is 8.29. The number of carbonyl (C=O) groups excluding carboxylic acids is 1. The van der Waals surface area contributed by atoms with Crippen molar-refractivity contribution in [3.05, 3.63) is 0 Å². The van der Waals surface area contributed by atoms with E-state index in [0.717, 1.165) is 19.3 Å². The van der Waals surface area contributed by atoms with Crippen molar-refractivity contribution in [2.24, 2.45) is 0 Å². The van der Waals surface area contributed by atoms with Crippen molar-refractivity contribution in [3.63, 3.8) is 0 Å². The van der Waals surface area contributed by atoms with Crippen molar-refractivity contribution >= 4 is 5.97 Å². The average Bonchev–Trinajstić information content (AvgIpc) is 2.17. The molecule has 0 rings (SSSR count). The van der Waals surface area contributed by atoms with Gasteiger partial charge in [-0.1, -0.05) is 12.3 Å². The summed E-state index contributed by atoms with van der Waals surface area (Å²) < 4.78 is 9.88. The molecule has 0 heterocycles. The van der Waals surface area contributed by atoms with Gasteiger partial charge in [-0.15, -0.1) is 6.42 Å². The number of rotatable bonds is 8. The molecule has 0 aromatic heterocycles. The lowest BCUT2D eigenvalue weighted by molar-refractivity contribution is -0.143. The van der Waals surface area contributed by atoms with Crippen LogP contribution < -0.4 is 0 Å². The molecule has 0 unspecified atom stereocenters. The molecule has 0 aromatic carbocycles. The molecule has 0 saturated heterocycles. The Bertz CT molecular complexity index is 181. The van der Waals surface area contributed by atoms with Crippen molar-refractivity contribution in [1.29, 1.82) is 0 Å². The van der Waals surface area contributed by atoms with Crippen molar-refractivity contribution in [2.45, 2.75) is 32.6 Å². The highest BCUT2D eigenvalue weighted by molar-refractivity contribution is 5.69. The van der Waals surface area contributed by atoms with Gasteiger partial charge in [-0.3, -0.25) is 4.79 Å². The number of terminal acetylenes is 1. The minimum Gasteiger partial charge on any atom is -0.466 e. The molecule has 14 heavy (non-hydrogen) atoms. The molecule has 0 aliphatic heterocycles. The molecule has 0 amide bonds. The first-order chi connectivity index (χ1) is 6.81. The highest BCUT2D eigenvalue weighted by Crippen LogP contribution is 2.01. The molecule has 0 atom stereocenters. The molecule has 0 fully saturated rings. The molecule has 3 heteroatoms. The van der Waals surface area contributed by atoms with Crippen LogP contribution in [0, 0.1) is 12.3 Å². The Morgan fingerprint density at radius 1 is 1.36 bits per heavy atom. The Kier molecular flexibility index (Phi) is 9.35. The number of hydrogen-bond acceptors (Lipinski definition) is 3. The number of unbranched alkanes of at least 4 members (excludes halogenated alkanes) is 2.